The van der Waals surface area contributed by atoms with Crippen LogP contribution in [0.3, 0.4) is 0 Å². The second-order valence-corrected chi connectivity index (χ2v) is 4.49. The first-order chi connectivity index (χ1) is 8.58. The van der Waals surface area contributed by atoms with E-state index in [1.54, 1.807) is 6.07 Å². The minimum atomic E-state index is -0.264. The lowest BCUT2D eigenvalue weighted by Gasteiger charge is -2.07. The van der Waals surface area contributed by atoms with Gasteiger partial charge in [-0.15, -0.1) is 0 Å². The average Bonchev–Trinajstić information content (AvgIpc) is 2.33. The first-order valence-electron chi connectivity index (χ1n) is 5.92. The summed E-state index contributed by atoms with van der Waals surface area (Å²) in [5.41, 5.74) is 3.41. The highest BCUT2D eigenvalue weighted by molar-refractivity contribution is 5.98. The summed E-state index contributed by atoms with van der Waals surface area (Å²) in [5, 5.41) is 0. The molecule has 0 aliphatic heterocycles. The van der Waals surface area contributed by atoms with Crippen LogP contribution in [0.15, 0.2) is 42.5 Å². The van der Waals surface area contributed by atoms with Crippen molar-refractivity contribution in [3.05, 3.63) is 70.5 Å². The Kier molecular flexibility index (Phi) is 3.56. The highest BCUT2D eigenvalue weighted by Crippen LogP contribution is 2.15. The van der Waals surface area contributed by atoms with Crippen LogP contribution in [0.4, 0.5) is 4.39 Å². The summed E-state index contributed by atoms with van der Waals surface area (Å²) >= 11 is 0. The van der Waals surface area contributed by atoms with Crippen molar-refractivity contribution in [2.24, 2.45) is 0 Å². The fourth-order valence-corrected chi connectivity index (χ4v) is 2.01. The molecule has 0 bridgehead atoms. The van der Waals surface area contributed by atoms with E-state index in [1.165, 1.54) is 12.1 Å². The third-order valence-corrected chi connectivity index (χ3v) is 3.10. The molecular formula is C16H15FO. The summed E-state index contributed by atoms with van der Waals surface area (Å²) in [7, 11) is 0. The standard InChI is InChI=1S/C16H15FO/c1-11-5-3-4-6-15(11)16(18)10-13-7-8-14(17)9-12(13)2/h3-9H,10H2,1-2H3. The zero-order valence-corrected chi connectivity index (χ0v) is 10.5. The Morgan fingerprint density at radius 2 is 1.78 bits per heavy atom. The van der Waals surface area contributed by atoms with Crippen molar-refractivity contribution in [2.45, 2.75) is 20.3 Å². The van der Waals surface area contributed by atoms with Gasteiger partial charge in [-0.25, -0.2) is 4.39 Å². The Labute approximate surface area is 106 Å². The molecule has 2 aromatic carbocycles. The van der Waals surface area contributed by atoms with E-state index in [0.717, 1.165) is 22.3 Å². The van der Waals surface area contributed by atoms with Crippen LogP contribution >= 0.6 is 0 Å². The molecular weight excluding hydrogens is 227 g/mol. The Bertz CT molecular complexity index is 587. The smallest absolute Gasteiger partial charge is 0.167 e. The molecule has 0 atom stereocenters. The van der Waals surface area contributed by atoms with Crippen molar-refractivity contribution in [2.75, 3.05) is 0 Å². The third kappa shape index (κ3) is 2.65. The quantitative estimate of drug-likeness (QED) is 0.747. The Morgan fingerprint density at radius 3 is 2.44 bits per heavy atom. The summed E-state index contributed by atoms with van der Waals surface area (Å²) in [4.78, 5) is 12.2. The SMILES string of the molecule is Cc1cc(F)ccc1CC(=O)c1ccccc1C. The van der Waals surface area contributed by atoms with E-state index in [2.05, 4.69) is 0 Å². The number of ketones is 1. The number of carbonyl (C=O) groups excluding carboxylic acids is 1. The minimum Gasteiger partial charge on any atom is -0.294 e. The van der Waals surface area contributed by atoms with Gasteiger partial charge in [0.15, 0.2) is 5.78 Å². The second-order valence-electron chi connectivity index (χ2n) is 4.49. The van der Waals surface area contributed by atoms with E-state index >= 15 is 0 Å². The van der Waals surface area contributed by atoms with E-state index in [-0.39, 0.29) is 11.6 Å². The van der Waals surface area contributed by atoms with Crippen molar-refractivity contribution in [1.82, 2.24) is 0 Å². The molecule has 0 saturated heterocycles. The number of halogens is 1. The van der Waals surface area contributed by atoms with Gasteiger partial charge in [-0.2, -0.15) is 0 Å². The minimum absolute atomic E-state index is 0.0720. The molecule has 18 heavy (non-hydrogen) atoms. The van der Waals surface area contributed by atoms with Gasteiger partial charge in [0.2, 0.25) is 0 Å². The van der Waals surface area contributed by atoms with Crippen molar-refractivity contribution in [1.29, 1.82) is 0 Å². The summed E-state index contributed by atoms with van der Waals surface area (Å²) < 4.78 is 13.0. The van der Waals surface area contributed by atoms with Gasteiger partial charge in [0.05, 0.1) is 0 Å². The molecule has 92 valence electrons. The van der Waals surface area contributed by atoms with Gasteiger partial charge in [-0.3, -0.25) is 4.79 Å². The number of rotatable bonds is 3. The summed E-state index contributed by atoms with van der Waals surface area (Å²) in [5.74, 6) is -0.192. The molecule has 0 aliphatic carbocycles. The number of carbonyl (C=O) groups is 1. The van der Waals surface area contributed by atoms with E-state index < -0.39 is 0 Å². The molecule has 2 aromatic rings. The normalized spacial score (nSPS) is 10.4. The van der Waals surface area contributed by atoms with Gasteiger partial charge in [-0.1, -0.05) is 30.3 Å². The molecule has 0 amide bonds. The number of hydrogen-bond acceptors (Lipinski definition) is 1. The maximum Gasteiger partial charge on any atom is 0.167 e. The van der Waals surface area contributed by atoms with Crippen LogP contribution < -0.4 is 0 Å². The van der Waals surface area contributed by atoms with Crippen LogP contribution in [0.25, 0.3) is 0 Å². The second kappa shape index (κ2) is 5.13. The van der Waals surface area contributed by atoms with Crippen LogP contribution in [0.5, 0.6) is 0 Å². The van der Waals surface area contributed by atoms with Gasteiger partial charge >= 0.3 is 0 Å². The molecule has 1 nitrogen and oxygen atoms in total. The molecule has 0 fully saturated rings. The average molecular weight is 242 g/mol. The summed E-state index contributed by atoms with van der Waals surface area (Å²) in [6.45, 7) is 3.74. The van der Waals surface area contributed by atoms with Gasteiger partial charge in [0.1, 0.15) is 5.82 Å². The van der Waals surface area contributed by atoms with Crippen LogP contribution in [-0.4, -0.2) is 5.78 Å². The lowest BCUT2D eigenvalue weighted by Crippen LogP contribution is -2.06. The van der Waals surface area contributed by atoms with Gasteiger partial charge in [0, 0.05) is 12.0 Å². The van der Waals surface area contributed by atoms with Crippen molar-refractivity contribution in [3.63, 3.8) is 0 Å². The van der Waals surface area contributed by atoms with E-state index in [0.29, 0.717) is 6.42 Å². The highest BCUT2D eigenvalue weighted by Gasteiger charge is 2.11. The fourth-order valence-electron chi connectivity index (χ4n) is 2.01. The number of Topliss-reactive ketones (excluding diaryl/α,β-unsaturated/α-hetero) is 1. The van der Waals surface area contributed by atoms with Crippen LogP contribution in [0, 0.1) is 19.7 Å². The van der Waals surface area contributed by atoms with Gasteiger partial charge < -0.3 is 0 Å². The highest BCUT2D eigenvalue weighted by atomic mass is 19.1. The van der Waals surface area contributed by atoms with Gasteiger partial charge in [0.25, 0.3) is 0 Å². The number of aryl methyl sites for hydroxylation is 2. The molecule has 0 heterocycles. The van der Waals surface area contributed by atoms with E-state index in [4.69, 9.17) is 0 Å². The lowest BCUT2D eigenvalue weighted by molar-refractivity contribution is 0.0992. The zero-order chi connectivity index (χ0) is 13.1. The fraction of sp³-hybridized carbons (Fsp3) is 0.188. The topological polar surface area (TPSA) is 17.1 Å². The monoisotopic (exact) mass is 242 g/mol. The maximum absolute atomic E-state index is 13.0. The molecule has 0 radical (unpaired) electrons. The molecule has 2 rings (SSSR count). The van der Waals surface area contributed by atoms with Gasteiger partial charge in [-0.05, 0) is 42.7 Å². The third-order valence-electron chi connectivity index (χ3n) is 3.10. The molecule has 0 spiro atoms. The molecule has 2 heteroatoms. The first kappa shape index (κ1) is 12.5. The van der Waals surface area contributed by atoms with E-state index in [1.807, 2.05) is 38.1 Å². The predicted octanol–water partition coefficient (Wildman–Crippen LogP) is 3.87. The van der Waals surface area contributed by atoms with Crippen molar-refractivity contribution >= 4 is 5.78 Å². The Hall–Kier alpha value is -1.96. The molecule has 0 saturated carbocycles. The predicted molar refractivity (Wildman–Crippen MR) is 70.4 cm³/mol. The maximum atomic E-state index is 13.0. The van der Waals surface area contributed by atoms with Crippen LogP contribution in [0.2, 0.25) is 0 Å². The Balaban J connectivity index is 2.24. The molecule has 0 unspecified atom stereocenters. The lowest BCUT2D eigenvalue weighted by atomic mass is 9.97. The summed E-state index contributed by atoms with van der Waals surface area (Å²) in [6, 6.07) is 12.1. The molecule has 0 N–H and O–H groups in total. The largest absolute Gasteiger partial charge is 0.294 e. The molecule has 0 aliphatic rings. The number of hydrogen-bond donors (Lipinski definition) is 0. The zero-order valence-electron chi connectivity index (χ0n) is 10.5. The first-order valence-corrected chi connectivity index (χ1v) is 5.92. The van der Waals surface area contributed by atoms with Crippen molar-refractivity contribution < 1.29 is 9.18 Å². The van der Waals surface area contributed by atoms with Crippen molar-refractivity contribution in [3.8, 4) is 0 Å². The molecule has 0 aromatic heterocycles. The summed E-state index contributed by atoms with van der Waals surface area (Å²) in [6.07, 6.45) is 0.316. The Morgan fingerprint density at radius 1 is 1.06 bits per heavy atom. The number of benzene rings is 2. The van der Waals surface area contributed by atoms with Crippen LogP contribution in [0.1, 0.15) is 27.0 Å². The van der Waals surface area contributed by atoms with E-state index in [9.17, 15) is 9.18 Å². The van der Waals surface area contributed by atoms with Crippen LogP contribution in [-0.2, 0) is 6.42 Å².